The predicted octanol–water partition coefficient (Wildman–Crippen LogP) is 2.99. The first kappa shape index (κ1) is 17.6. The van der Waals surface area contributed by atoms with Gasteiger partial charge in [0.1, 0.15) is 6.61 Å². The highest BCUT2D eigenvalue weighted by atomic mass is 32.2. The van der Waals surface area contributed by atoms with Crippen molar-refractivity contribution in [2.45, 2.75) is 31.8 Å². The van der Waals surface area contributed by atoms with E-state index in [1.807, 2.05) is 31.2 Å². The standard InChI is InChI=1S/C17H17N3O3S2/c1-11-3-5-13(6-4-11)24-8-7-16(22)23-10-14-19-20-15(21)9-12(2)18-17(20)25-14/h3-6,9H,7-8,10H2,1-2H3. The summed E-state index contributed by atoms with van der Waals surface area (Å²) in [6.45, 7) is 3.85. The molecule has 130 valence electrons. The van der Waals surface area contributed by atoms with E-state index >= 15 is 0 Å². The maximum absolute atomic E-state index is 11.9. The van der Waals surface area contributed by atoms with Crippen LogP contribution in [0, 0.1) is 13.8 Å². The number of thioether (sulfide) groups is 1. The third kappa shape index (κ3) is 4.67. The molecule has 0 amide bonds. The number of carbonyl (C=O) groups excluding carboxylic acids is 1. The van der Waals surface area contributed by atoms with E-state index in [9.17, 15) is 9.59 Å². The maximum atomic E-state index is 11.9. The van der Waals surface area contributed by atoms with Gasteiger partial charge in [-0.25, -0.2) is 4.98 Å². The maximum Gasteiger partial charge on any atom is 0.307 e. The van der Waals surface area contributed by atoms with Crippen molar-refractivity contribution in [1.29, 1.82) is 0 Å². The fraction of sp³-hybridized carbons (Fsp3) is 0.294. The van der Waals surface area contributed by atoms with Crippen LogP contribution in [-0.2, 0) is 16.1 Å². The molecule has 0 aliphatic heterocycles. The minimum atomic E-state index is -0.282. The van der Waals surface area contributed by atoms with Gasteiger partial charge in [-0.3, -0.25) is 9.59 Å². The quantitative estimate of drug-likeness (QED) is 0.487. The zero-order valence-electron chi connectivity index (χ0n) is 13.9. The number of rotatable bonds is 6. The number of aromatic nitrogens is 3. The molecule has 3 aromatic rings. The number of carbonyl (C=O) groups is 1. The summed E-state index contributed by atoms with van der Waals surface area (Å²) in [5, 5.41) is 4.69. The molecule has 0 spiro atoms. The molecule has 0 bridgehead atoms. The molecule has 8 heteroatoms. The van der Waals surface area contributed by atoms with Gasteiger partial charge in [0.15, 0.2) is 5.01 Å². The van der Waals surface area contributed by atoms with Crippen LogP contribution in [-0.4, -0.2) is 26.3 Å². The van der Waals surface area contributed by atoms with Crippen molar-refractivity contribution in [3.8, 4) is 0 Å². The van der Waals surface area contributed by atoms with E-state index in [0.29, 0.717) is 27.8 Å². The van der Waals surface area contributed by atoms with E-state index in [2.05, 4.69) is 10.1 Å². The Morgan fingerprint density at radius 2 is 2.04 bits per heavy atom. The lowest BCUT2D eigenvalue weighted by molar-refractivity contribution is -0.144. The molecule has 2 heterocycles. The Kier molecular flexibility index (Phi) is 5.50. The normalized spacial score (nSPS) is 11.0. The summed E-state index contributed by atoms with van der Waals surface area (Å²) in [5.41, 5.74) is 1.62. The Hall–Kier alpha value is -2.19. The van der Waals surface area contributed by atoms with Crippen molar-refractivity contribution in [1.82, 2.24) is 14.6 Å². The van der Waals surface area contributed by atoms with Crippen molar-refractivity contribution in [3.63, 3.8) is 0 Å². The van der Waals surface area contributed by atoms with Crippen molar-refractivity contribution < 1.29 is 9.53 Å². The Balaban J connectivity index is 1.49. The van der Waals surface area contributed by atoms with Gasteiger partial charge in [-0.15, -0.1) is 11.8 Å². The number of hydrogen-bond donors (Lipinski definition) is 0. The second-order valence-electron chi connectivity index (χ2n) is 5.50. The van der Waals surface area contributed by atoms with Crippen LogP contribution < -0.4 is 5.56 Å². The van der Waals surface area contributed by atoms with E-state index in [-0.39, 0.29) is 18.1 Å². The predicted molar refractivity (Wildman–Crippen MR) is 98.2 cm³/mol. The third-order valence-corrected chi connectivity index (χ3v) is 5.26. The zero-order chi connectivity index (χ0) is 17.8. The first-order valence-electron chi connectivity index (χ1n) is 7.73. The van der Waals surface area contributed by atoms with Gasteiger partial charge in [0.2, 0.25) is 4.96 Å². The number of esters is 1. The highest BCUT2D eigenvalue weighted by Gasteiger charge is 2.10. The molecule has 0 unspecified atom stereocenters. The minimum absolute atomic E-state index is 0.0561. The average molecular weight is 375 g/mol. The number of ether oxygens (including phenoxy) is 1. The molecule has 0 aliphatic carbocycles. The molecule has 0 saturated carbocycles. The minimum Gasteiger partial charge on any atom is -0.458 e. The van der Waals surface area contributed by atoms with Crippen LogP contribution in [0.4, 0.5) is 0 Å². The molecule has 3 rings (SSSR count). The third-order valence-electron chi connectivity index (χ3n) is 3.37. The van der Waals surface area contributed by atoms with Gasteiger partial charge in [-0.1, -0.05) is 29.0 Å². The van der Waals surface area contributed by atoms with E-state index in [4.69, 9.17) is 4.74 Å². The largest absolute Gasteiger partial charge is 0.458 e. The second-order valence-corrected chi connectivity index (χ2v) is 7.71. The average Bonchev–Trinajstić information content (AvgIpc) is 2.98. The summed E-state index contributed by atoms with van der Waals surface area (Å²) in [4.78, 5) is 29.5. The molecule has 1 aromatic carbocycles. The SMILES string of the molecule is Cc1ccc(SCCC(=O)OCc2nn3c(=O)cc(C)nc3s2)cc1. The van der Waals surface area contributed by atoms with E-state index in [0.717, 1.165) is 4.90 Å². The van der Waals surface area contributed by atoms with Crippen molar-refractivity contribution in [2.75, 3.05) is 5.75 Å². The van der Waals surface area contributed by atoms with Crippen LogP contribution in [0.2, 0.25) is 0 Å². The lowest BCUT2D eigenvalue weighted by Crippen LogP contribution is -2.14. The van der Waals surface area contributed by atoms with Gasteiger partial charge in [-0.05, 0) is 26.0 Å². The number of fused-ring (bicyclic) bond motifs is 1. The summed E-state index contributed by atoms with van der Waals surface area (Å²) < 4.78 is 6.47. The summed E-state index contributed by atoms with van der Waals surface area (Å²) in [6, 6.07) is 9.60. The Morgan fingerprint density at radius 1 is 1.28 bits per heavy atom. The van der Waals surface area contributed by atoms with Gasteiger partial charge >= 0.3 is 5.97 Å². The second kappa shape index (κ2) is 7.79. The molecule has 25 heavy (non-hydrogen) atoms. The lowest BCUT2D eigenvalue weighted by Gasteiger charge is -2.03. The highest BCUT2D eigenvalue weighted by molar-refractivity contribution is 7.99. The molecule has 0 atom stereocenters. The van der Waals surface area contributed by atoms with Crippen LogP contribution in [0.1, 0.15) is 22.7 Å². The summed E-state index contributed by atoms with van der Waals surface area (Å²) in [5.74, 6) is 0.373. The summed E-state index contributed by atoms with van der Waals surface area (Å²) in [6.07, 6.45) is 0.320. The summed E-state index contributed by atoms with van der Waals surface area (Å²) >= 11 is 2.87. The molecular formula is C17H17N3O3S2. The fourth-order valence-corrected chi connectivity index (χ4v) is 3.81. The Morgan fingerprint density at radius 3 is 2.80 bits per heavy atom. The lowest BCUT2D eigenvalue weighted by atomic mass is 10.2. The van der Waals surface area contributed by atoms with Gasteiger partial charge in [0, 0.05) is 22.4 Å². The summed E-state index contributed by atoms with van der Waals surface area (Å²) in [7, 11) is 0. The van der Waals surface area contributed by atoms with E-state index < -0.39 is 0 Å². The molecule has 0 radical (unpaired) electrons. The Bertz CT molecular complexity index is 948. The molecular weight excluding hydrogens is 358 g/mol. The number of benzene rings is 1. The van der Waals surface area contributed by atoms with Crippen LogP contribution in [0.5, 0.6) is 0 Å². The van der Waals surface area contributed by atoms with Gasteiger partial charge in [-0.2, -0.15) is 9.61 Å². The number of aryl methyl sites for hydroxylation is 2. The zero-order valence-corrected chi connectivity index (χ0v) is 15.5. The van der Waals surface area contributed by atoms with Crippen molar-refractivity contribution in [2.24, 2.45) is 0 Å². The first-order chi connectivity index (χ1) is 12.0. The highest BCUT2D eigenvalue weighted by Crippen LogP contribution is 2.19. The van der Waals surface area contributed by atoms with Crippen LogP contribution >= 0.6 is 23.1 Å². The molecule has 0 aliphatic rings. The van der Waals surface area contributed by atoms with Gasteiger partial charge < -0.3 is 4.74 Å². The van der Waals surface area contributed by atoms with E-state index in [1.165, 1.54) is 27.5 Å². The fourth-order valence-electron chi connectivity index (χ4n) is 2.12. The Labute approximate surface area is 152 Å². The number of nitrogens with zero attached hydrogens (tertiary/aromatic N) is 3. The molecule has 0 saturated heterocycles. The molecule has 2 aromatic heterocycles. The molecule has 0 fully saturated rings. The number of hydrogen-bond acceptors (Lipinski definition) is 7. The monoisotopic (exact) mass is 375 g/mol. The smallest absolute Gasteiger partial charge is 0.307 e. The van der Waals surface area contributed by atoms with Crippen LogP contribution in [0.3, 0.4) is 0 Å². The van der Waals surface area contributed by atoms with Crippen LogP contribution in [0.25, 0.3) is 4.96 Å². The first-order valence-corrected chi connectivity index (χ1v) is 9.53. The van der Waals surface area contributed by atoms with Gasteiger partial charge in [0.05, 0.1) is 6.42 Å². The van der Waals surface area contributed by atoms with Gasteiger partial charge in [0.25, 0.3) is 5.56 Å². The molecule has 6 nitrogen and oxygen atoms in total. The van der Waals surface area contributed by atoms with E-state index in [1.54, 1.807) is 18.7 Å². The van der Waals surface area contributed by atoms with Crippen molar-refractivity contribution >= 4 is 34.0 Å². The molecule has 0 N–H and O–H groups in total. The topological polar surface area (TPSA) is 73.6 Å². The van der Waals surface area contributed by atoms with Crippen molar-refractivity contribution in [3.05, 3.63) is 57.0 Å². The van der Waals surface area contributed by atoms with Crippen LogP contribution in [0.15, 0.2) is 40.0 Å².